The van der Waals surface area contributed by atoms with Crippen LogP contribution in [0.1, 0.15) is 41.2 Å². The Morgan fingerprint density at radius 3 is 2.78 bits per heavy atom. The van der Waals surface area contributed by atoms with E-state index in [1.165, 1.54) is 0 Å². The van der Waals surface area contributed by atoms with Crippen LogP contribution in [-0.4, -0.2) is 38.1 Å². The standard InChI is InChI=1S/C18H19N3O2/c1-12-6-5-7-14-16(12)17(22)20(4)10-15-13(19-11-21(14)15)8-9-18(2,3)23/h5-7,11,23H,10H2,1-4H3. The second kappa shape index (κ2) is 5.25. The number of hydrogen-bond donors (Lipinski definition) is 1. The van der Waals surface area contributed by atoms with Gasteiger partial charge in [-0.2, -0.15) is 0 Å². The van der Waals surface area contributed by atoms with Crippen LogP contribution in [0.15, 0.2) is 24.5 Å². The zero-order valence-corrected chi connectivity index (χ0v) is 13.7. The molecule has 1 N–H and O–H groups in total. The highest BCUT2D eigenvalue weighted by molar-refractivity contribution is 5.99. The number of amides is 1. The maximum atomic E-state index is 12.7. The maximum Gasteiger partial charge on any atom is 0.256 e. The third-order valence-corrected chi connectivity index (χ3v) is 3.81. The number of carbonyl (C=O) groups is 1. The molecule has 0 aliphatic carbocycles. The molecule has 0 atom stereocenters. The Kier molecular flexibility index (Phi) is 3.50. The minimum atomic E-state index is -1.09. The highest BCUT2D eigenvalue weighted by atomic mass is 16.3. The SMILES string of the molecule is Cc1cccc2c1C(=O)N(C)Cc1c(C#CC(C)(C)O)ncn1-2. The number of aromatic nitrogens is 2. The quantitative estimate of drug-likeness (QED) is 0.756. The van der Waals surface area contributed by atoms with E-state index in [9.17, 15) is 9.90 Å². The topological polar surface area (TPSA) is 58.4 Å². The van der Waals surface area contributed by atoms with E-state index in [2.05, 4.69) is 16.8 Å². The normalized spacial score (nSPS) is 13.8. The second-order valence-corrected chi connectivity index (χ2v) is 6.35. The fraction of sp³-hybridized carbons (Fsp3) is 0.333. The molecule has 0 radical (unpaired) electrons. The van der Waals surface area contributed by atoms with Crippen molar-refractivity contribution in [3.8, 4) is 17.5 Å². The van der Waals surface area contributed by atoms with Crippen LogP contribution >= 0.6 is 0 Å². The van der Waals surface area contributed by atoms with Crippen molar-refractivity contribution in [3.63, 3.8) is 0 Å². The van der Waals surface area contributed by atoms with E-state index >= 15 is 0 Å². The number of carbonyl (C=O) groups excluding carboxylic acids is 1. The summed E-state index contributed by atoms with van der Waals surface area (Å²) in [5.41, 5.74) is 2.79. The molecule has 5 heteroatoms. The second-order valence-electron chi connectivity index (χ2n) is 6.35. The Morgan fingerprint density at radius 2 is 2.09 bits per heavy atom. The summed E-state index contributed by atoms with van der Waals surface area (Å²) in [6.45, 7) is 5.61. The fourth-order valence-corrected chi connectivity index (χ4v) is 2.67. The molecule has 2 aromatic rings. The van der Waals surface area contributed by atoms with Crippen molar-refractivity contribution < 1.29 is 9.90 Å². The van der Waals surface area contributed by atoms with Gasteiger partial charge in [0.15, 0.2) is 0 Å². The molecule has 118 valence electrons. The smallest absolute Gasteiger partial charge is 0.256 e. The van der Waals surface area contributed by atoms with Gasteiger partial charge in [-0.1, -0.05) is 18.1 Å². The summed E-state index contributed by atoms with van der Waals surface area (Å²) in [6.07, 6.45) is 1.69. The van der Waals surface area contributed by atoms with Gasteiger partial charge in [0.2, 0.25) is 0 Å². The van der Waals surface area contributed by atoms with Crippen LogP contribution in [-0.2, 0) is 6.54 Å². The lowest BCUT2D eigenvalue weighted by Gasteiger charge is -2.15. The van der Waals surface area contributed by atoms with Gasteiger partial charge in [-0.15, -0.1) is 0 Å². The van der Waals surface area contributed by atoms with Crippen LogP contribution < -0.4 is 0 Å². The molecule has 1 aliphatic rings. The van der Waals surface area contributed by atoms with Crippen molar-refractivity contribution in [1.29, 1.82) is 0 Å². The van der Waals surface area contributed by atoms with Gasteiger partial charge in [0.05, 0.1) is 23.5 Å². The molecule has 0 saturated heterocycles. The predicted molar refractivity (Wildman–Crippen MR) is 87.3 cm³/mol. The molecule has 3 rings (SSSR count). The van der Waals surface area contributed by atoms with E-state index in [1.807, 2.05) is 29.7 Å². The van der Waals surface area contributed by atoms with Crippen LogP contribution in [0, 0.1) is 18.8 Å². The number of hydrogen-bond acceptors (Lipinski definition) is 3. The zero-order valence-electron chi connectivity index (χ0n) is 13.7. The van der Waals surface area contributed by atoms with Gasteiger partial charge in [-0.25, -0.2) is 4.98 Å². The Hall–Kier alpha value is -2.58. The number of rotatable bonds is 0. The molecular weight excluding hydrogens is 290 g/mol. The first kappa shape index (κ1) is 15.3. The van der Waals surface area contributed by atoms with Crippen molar-refractivity contribution in [3.05, 3.63) is 47.0 Å². The van der Waals surface area contributed by atoms with Crippen LogP contribution in [0.4, 0.5) is 0 Å². The van der Waals surface area contributed by atoms with Crippen LogP contribution in [0.2, 0.25) is 0 Å². The zero-order chi connectivity index (χ0) is 16.8. The summed E-state index contributed by atoms with van der Waals surface area (Å²) in [6, 6.07) is 5.78. The molecule has 1 aromatic heterocycles. The van der Waals surface area contributed by atoms with Gasteiger partial charge >= 0.3 is 0 Å². The van der Waals surface area contributed by atoms with Crippen LogP contribution in [0.5, 0.6) is 0 Å². The Labute approximate surface area is 135 Å². The maximum absolute atomic E-state index is 12.7. The monoisotopic (exact) mass is 309 g/mol. The summed E-state index contributed by atoms with van der Waals surface area (Å²) in [5.74, 6) is 5.70. The molecule has 0 saturated carbocycles. The minimum absolute atomic E-state index is 0.0109. The molecule has 0 fully saturated rings. The molecule has 5 nitrogen and oxygen atoms in total. The number of imidazole rings is 1. The van der Waals surface area contributed by atoms with Gasteiger partial charge in [-0.05, 0) is 38.3 Å². The van der Waals surface area contributed by atoms with Crippen molar-refractivity contribution in [1.82, 2.24) is 14.5 Å². The molecule has 1 aliphatic heterocycles. The average molecular weight is 309 g/mol. The molecular formula is C18H19N3O2. The van der Waals surface area contributed by atoms with E-state index in [4.69, 9.17) is 0 Å². The molecule has 0 spiro atoms. The van der Waals surface area contributed by atoms with Crippen LogP contribution in [0.3, 0.4) is 0 Å². The first-order valence-corrected chi connectivity index (χ1v) is 7.45. The number of aryl methyl sites for hydroxylation is 1. The van der Waals surface area contributed by atoms with Crippen molar-refractivity contribution >= 4 is 5.91 Å². The largest absolute Gasteiger partial charge is 0.378 e. The Balaban J connectivity index is 2.22. The van der Waals surface area contributed by atoms with Crippen molar-refractivity contribution in [2.24, 2.45) is 0 Å². The van der Waals surface area contributed by atoms with Gasteiger partial charge in [-0.3, -0.25) is 9.36 Å². The highest BCUT2D eigenvalue weighted by Crippen LogP contribution is 2.27. The third-order valence-electron chi connectivity index (χ3n) is 3.81. The average Bonchev–Trinajstić information content (AvgIpc) is 2.81. The van der Waals surface area contributed by atoms with Crippen molar-refractivity contribution in [2.75, 3.05) is 7.05 Å². The molecule has 2 heterocycles. The first-order chi connectivity index (χ1) is 10.8. The third kappa shape index (κ3) is 2.73. The minimum Gasteiger partial charge on any atom is -0.378 e. The lowest BCUT2D eigenvalue weighted by atomic mass is 10.1. The summed E-state index contributed by atoms with van der Waals surface area (Å²) in [7, 11) is 1.77. The predicted octanol–water partition coefficient (Wildman–Crippen LogP) is 1.89. The summed E-state index contributed by atoms with van der Waals surface area (Å²) in [4.78, 5) is 18.7. The lowest BCUT2D eigenvalue weighted by molar-refractivity contribution is 0.0787. The molecule has 0 bridgehead atoms. The number of nitrogens with zero attached hydrogens (tertiary/aromatic N) is 3. The number of benzene rings is 1. The molecule has 1 aromatic carbocycles. The van der Waals surface area contributed by atoms with E-state index in [0.29, 0.717) is 17.8 Å². The summed E-state index contributed by atoms with van der Waals surface area (Å²) >= 11 is 0. The van der Waals surface area contributed by atoms with Gasteiger partial charge in [0.25, 0.3) is 5.91 Å². The van der Waals surface area contributed by atoms with E-state index < -0.39 is 5.60 Å². The Bertz CT molecular complexity index is 847. The highest BCUT2D eigenvalue weighted by Gasteiger charge is 2.27. The van der Waals surface area contributed by atoms with Gasteiger partial charge in [0, 0.05) is 7.05 Å². The molecule has 1 amide bonds. The molecule has 23 heavy (non-hydrogen) atoms. The van der Waals surface area contributed by atoms with E-state index in [-0.39, 0.29) is 5.91 Å². The van der Waals surface area contributed by atoms with Crippen molar-refractivity contribution in [2.45, 2.75) is 32.9 Å². The fourth-order valence-electron chi connectivity index (χ4n) is 2.67. The van der Waals surface area contributed by atoms with E-state index in [1.54, 1.807) is 32.1 Å². The number of fused-ring (bicyclic) bond motifs is 3. The summed E-state index contributed by atoms with van der Waals surface area (Å²) in [5, 5.41) is 9.79. The van der Waals surface area contributed by atoms with E-state index in [0.717, 1.165) is 16.9 Å². The summed E-state index contributed by atoms with van der Waals surface area (Å²) < 4.78 is 1.91. The number of aliphatic hydroxyl groups is 1. The van der Waals surface area contributed by atoms with Gasteiger partial charge < -0.3 is 10.0 Å². The van der Waals surface area contributed by atoms with Crippen LogP contribution in [0.25, 0.3) is 5.69 Å². The van der Waals surface area contributed by atoms with Gasteiger partial charge in [0.1, 0.15) is 17.6 Å². The molecule has 0 unspecified atom stereocenters. The lowest BCUT2D eigenvalue weighted by Crippen LogP contribution is -2.25. The Morgan fingerprint density at radius 1 is 1.35 bits per heavy atom. The first-order valence-electron chi connectivity index (χ1n) is 7.45.